The van der Waals surface area contributed by atoms with Crippen molar-refractivity contribution in [1.29, 1.82) is 0 Å². The Balaban J connectivity index is 1.79. The predicted octanol–water partition coefficient (Wildman–Crippen LogP) is 2.56. The molecule has 1 aromatic carbocycles. The maximum Gasteiger partial charge on any atom is 0.293 e. The minimum Gasteiger partial charge on any atom is -0.463 e. The molecule has 0 bridgehead atoms. The highest BCUT2D eigenvalue weighted by Crippen LogP contribution is 2.37. The number of nitrogens with one attached hydrogen (secondary N) is 1. The first-order valence-corrected chi connectivity index (χ1v) is 12.0. The first kappa shape index (κ1) is 26.2. The molecule has 0 aliphatic carbocycles. The van der Waals surface area contributed by atoms with Gasteiger partial charge in [-0.15, -0.1) is 0 Å². The standard InChI is InChI=1S/C27H29FN4O5/c1-3-5-17-9-24-26-20(12-32(24)27(35)21(17)13-37-15-33)18(6-4-7-36-14-30-25(34)11-29)19-8-16(2)22(28)10-23(19)31-26/h4,6,8-10,15H,3,5,7,11-14,29H2,1-2H3,(H,30,34)/b6-4+. The van der Waals surface area contributed by atoms with Gasteiger partial charge in [0.2, 0.25) is 5.91 Å². The zero-order chi connectivity index (χ0) is 26.5. The maximum atomic E-state index is 14.5. The van der Waals surface area contributed by atoms with Crippen molar-refractivity contribution in [2.24, 2.45) is 5.73 Å². The Labute approximate surface area is 213 Å². The van der Waals surface area contributed by atoms with Crippen LogP contribution in [-0.2, 0) is 38.6 Å². The predicted molar refractivity (Wildman–Crippen MR) is 137 cm³/mol. The van der Waals surface area contributed by atoms with Crippen LogP contribution in [0, 0.1) is 12.7 Å². The summed E-state index contributed by atoms with van der Waals surface area (Å²) in [6, 6.07) is 5.07. The zero-order valence-corrected chi connectivity index (χ0v) is 20.8. The number of halogens is 1. The van der Waals surface area contributed by atoms with Crippen LogP contribution in [-0.4, -0.2) is 41.8 Å². The summed E-state index contributed by atoms with van der Waals surface area (Å²) < 4.78 is 26.5. The van der Waals surface area contributed by atoms with Gasteiger partial charge in [-0.1, -0.05) is 25.5 Å². The van der Waals surface area contributed by atoms with Gasteiger partial charge < -0.3 is 25.1 Å². The number of rotatable bonds is 11. The summed E-state index contributed by atoms with van der Waals surface area (Å²) in [6.07, 6.45) is 5.10. The van der Waals surface area contributed by atoms with Crippen molar-refractivity contribution in [3.05, 3.63) is 68.3 Å². The van der Waals surface area contributed by atoms with Crippen LogP contribution >= 0.6 is 0 Å². The van der Waals surface area contributed by atoms with Crippen molar-refractivity contribution < 1.29 is 23.5 Å². The monoisotopic (exact) mass is 508 g/mol. The second kappa shape index (κ2) is 11.4. The normalized spacial score (nSPS) is 12.1. The number of carbonyl (C=O) groups excluding carboxylic acids is 2. The van der Waals surface area contributed by atoms with Gasteiger partial charge in [-0.25, -0.2) is 9.37 Å². The Bertz CT molecular complexity index is 1450. The molecule has 0 spiro atoms. The average Bonchev–Trinajstić information content (AvgIpc) is 3.24. The summed E-state index contributed by atoms with van der Waals surface area (Å²) >= 11 is 0. The molecule has 0 saturated carbocycles. The molecule has 0 fully saturated rings. The van der Waals surface area contributed by atoms with E-state index in [1.54, 1.807) is 23.6 Å². The summed E-state index contributed by atoms with van der Waals surface area (Å²) in [5, 5.41) is 3.28. The van der Waals surface area contributed by atoms with E-state index in [9.17, 15) is 18.8 Å². The first-order valence-electron chi connectivity index (χ1n) is 12.0. The molecule has 37 heavy (non-hydrogen) atoms. The second-order valence-electron chi connectivity index (χ2n) is 8.77. The molecule has 194 valence electrons. The van der Waals surface area contributed by atoms with Crippen LogP contribution < -0.4 is 16.6 Å². The highest BCUT2D eigenvalue weighted by molar-refractivity contribution is 5.93. The smallest absolute Gasteiger partial charge is 0.293 e. The van der Waals surface area contributed by atoms with Gasteiger partial charge in [-0.2, -0.15) is 0 Å². The van der Waals surface area contributed by atoms with E-state index in [0.29, 0.717) is 40.9 Å². The molecular weight excluding hydrogens is 479 g/mol. The van der Waals surface area contributed by atoms with Crippen LogP contribution in [0.25, 0.3) is 28.4 Å². The van der Waals surface area contributed by atoms with Crippen molar-refractivity contribution in [3.63, 3.8) is 0 Å². The number of aromatic nitrogens is 2. The molecule has 1 amide bonds. The fourth-order valence-electron chi connectivity index (χ4n) is 4.53. The van der Waals surface area contributed by atoms with Crippen molar-refractivity contribution in [1.82, 2.24) is 14.9 Å². The number of hydrogen-bond acceptors (Lipinski definition) is 7. The van der Waals surface area contributed by atoms with Gasteiger partial charge in [0.15, 0.2) is 0 Å². The van der Waals surface area contributed by atoms with E-state index in [0.717, 1.165) is 28.5 Å². The Morgan fingerprint density at radius 1 is 1.32 bits per heavy atom. The van der Waals surface area contributed by atoms with Crippen LogP contribution in [0.4, 0.5) is 4.39 Å². The zero-order valence-electron chi connectivity index (χ0n) is 20.8. The largest absolute Gasteiger partial charge is 0.463 e. The molecular formula is C27H29FN4O5. The van der Waals surface area contributed by atoms with E-state index in [2.05, 4.69) is 5.32 Å². The lowest BCUT2D eigenvalue weighted by Gasteiger charge is -2.12. The second-order valence-corrected chi connectivity index (χ2v) is 8.77. The van der Waals surface area contributed by atoms with Crippen LogP contribution in [0.5, 0.6) is 0 Å². The van der Waals surface area contributed by atoms with Crippen molar-refractivity contribution in [2.75, 3.05) is 19.9 Å². The molecule has 3 heterocycles. The van der Waals surface area contributed by atoms with Crippen molar-refractivity contribution in [2.45, 2.75) is 39.8 Å². The van der Waals surface area contributed by atoms with Gasteiger partial charge in [-0.05, 0) is 42.2 Å². The van der Waals surface area contributed by atoms with Gasteiger partial charge >= 0.3 is 0 Å². The fourth-order valence-corrected chi connectivity index (χ4v) is 4.53. The maximum absolute atomic E-state index is 14.5. The molecule has 9 nitrogen and oxygen atoms in total. The lowest BCUT2D eigenvalue weighted by atomic mass is 9.98. The third-order valence-electron chi connectivity index (χ3n) is 6.33. The SMILES string of the molecule is CCCc1cc2n(c(=O)c1COC=O)Cc1c-2nc2cc(F)c(C)cc2c1/C=C/COCNC(=O)CN. The summed E-state index contributed by atoms with van der Waals surface area (Å²) in [5.41, 5.74) is 10.1. The minimum atomic E-state index is -0.364. The number of amides is 1. The number of nitrogens with zero attached hydrogens (tertiary/aromatic N) is 2. The topological polar surface area (TPSA) is 126 Å². The number of ether oxygens (including phenoxy) is 2. The number of hydrogen-bond donors (Lipinski definition) is 2. The Kier molecular flexibility index (Phi) is 8.10. The molecule has 4 rings (SSSR count). The Hall–Kier alpha value is -3.89. The summed E-state index contributed by atoms with van der Waals surface area (Å²) in [5.74, 6) is -0.680. The molecule has 0 radical (unpaired) electrons. The number of nitrogens with two attached hydrogens (primary N) is 1. The van der Waals surface area contributed by atoms with Crippen LogP contribution in [0.3, 0.4) is 0 Å². The first-order chi connectivity index (χ1) is 17.9. The van der Waals surface area contributed by atoms with E-state index < -0.39 is 0 Å². The van der Waals surface area contributed by atoms with Crippen molar-refractivity contribution >= 4 is 29.4 Å². The Morgan fingerprint density at radius 2 is 2.14 bits per heavy atom. The Morgan fingerprint density at radius 3 is 2.86 bits per heavy atom. The minimum absolute atomic E-state index is 0.0204. The highest BCUT2D eigenvalue weighted by atomic mass is 19.1. The lowest BCUT2D eigenvalue weighted by Crippen LogP contribution is -2.32. The molecule has 1 aliphatic rings. The molecule has 10 heteroatoms. The van der Waals surface area contributed by atoms with Gasteiger partial charge in [-0.3, -0.25) is 14.4 Å². The van der Waals surface area contributed by atoms with Crippen molar-refractivity contribution in [3.8, 4) is 11.4 Å². The number of benzene rings is 1. The fraction of sp³-hybridized carbons (Fsp3) is 0.333. The van der Waals surface area contributed by atoms with E-state index in [4.69, 9.17) is 20.2 Å². The molecule has 0 atom stereocenters. The molecule has 0 unspecified atom stereocenters. The molecule has 2 aromatic heterocycles. The summed E-state index contributed by atoms with van der Waals surface area (Å²) in [6.45, 7) is 4.32. The van der Waals surface area contributed by atoms with Gasteiger partial charge in [0.1, 0.15) is 19.2 Å². The van der Waals surface area contributed by atoms with E-state index in [1.165, 1.54) is 6.07 Å². The molecule has 1 aliphatic heterocycles. The van der Waals surface area contributed by atoms with Gasteiger partial charge in [0.05, 0.1) is 42.2 Å². The number of aryl methyl sites for hydroxylation is 2. The van der Waals surface area contributed by atoms with E-state index in [1.807, 2.05) is 19.1 Å². The summed E-state index contributed by atoms with van der Waals surface area (Å²) in [7, 11) is 0. The molecule has 3 aromatic rings. The number of fused-ring (bicyclic) bond motifs is 4. The quantitative estimate of drug-likeness (QED) is 0.181. The van der Waals surface area contributed by atoms with Gasteiger partial charge in [0.25, 0.3) is 12.0 Å². The number of carbonyl (C=O) groups is 2. The third-order valence-corrected chi connectivity index (χ3v) is 6.33. The molecule has 3 N–H and O–H groups in total. The number of pyridine rings is 2. The lowest BCUT2D eigenvalue weighted by molar-refractivity contribution is -0.129. The third kappa shape index (κ3) is 5.30. The van der Waals surface area contributed by atoms with Crippen LogP contribution in [0.15, 0.2) is 29.1 Å². The average molecular weight is 509 g/mol. The van der Waals surface area contributed by atoms with E-state index >= 15 is 0 Å². The van der Waals surface area contributed by atoms with Crippen LogP contribution in [0.1, 0.15) is 41.2 Å². The molecule has 0 saturated heterocycles. The summed E-state index contributed by atoms with van der Waals surface area (Å²) in [4.78, 5) is 40.3. The highest BCUT2D eigenvalue weighted by Gasteiger charge is 2.28. The van der Waals surface area contributed by atoms with Crippen LogP contribution in [0.2, 0.25) is 0 Å². The van der Waals surface area contributed by atoms with E-state index in [-0.39, 0.29) is 50.3 Å². The van der Waals surface area contributed by atoms with Gasteiger partial charge in [0, 0.05) is 17.0 Å².